The average molecular weight is 165 g/mol. The van der Waals surface area contributed by atoms with Gasteiger partial charge in [0.15, 0.2) is 0 Å². The Balaban J connectivity index is 2.69. The van der Waals surface area contributed by atoms with Crippen molar-refractivity contribution < 1.29 is 4.57 Å². The zero-order valence-corrected chi connectivity index (χ0v) is 8.12. The molecule has 0 spiro atoms. The Kier molecular flexibility index (Phi) is 3.09. The summed E-state index contributed by atoms with van der Waals surface area (Å²) in [5.74, 6) is 1.25. The molecule has 2 heteroatoms. The summed E-state index contributed by atoms with van der Waals surface area (Å²) in [6, 6.07) is 0. The highest BCUT2D eigenvalue weighted by Crippen LogP contribution is 1.96. The summed E-state index contributed by atoms with van der Waals surface area (Å²) in [6.45, 7) is 4.29. The van der Waals surface area contributed by atoms with E-state index in [1.807, 2.05) is 0 Å². The van der Waals surface area contributed by atoms with Crippen LogP contribution in [-0.4, -0.2) is 4.57 Å². The molecule has 1 rings (SSSR count). The molecule has 0 atom stereocenters. The maximum atomic E-state index is 2.20. The first-order valence-electron chi connectivity index (χ1n) is 4.45. The Morgan fingerprint density at radius 1 is 1.58 bits per heavy atom. The Bertz CT molecular complexity index is 271. The van der Waals surface area contributed by atoms with Crippen molar-refractivity contribution in [1.29, 1.82) is 0 Å². The highest BCUT2D eigenvalue weighted by atomic mass is 15.1. The van der Waals surface area contributed by atoms with Crippen LogP contribution < -0.4 is 4.57 Å². The highest BCUT2D eigenvalue weighted by Gasteiger charge is 2.03. The quantitative estimate of drug-likeness (QED) is 0.605. The number of hydrogen-bond acceptors (Lipinski definition) is 0. The van der Waals surface area contributed by atoms with E-state index >= 15 is 0 Å². The zero-order chi connectivity index (χ0) is 8.97. The van der Waals surface area contributed by atoms with Crippen molar-refractivity contribution >= 4 is 6.20 Å². The molecule has 0 aliphatic rings. The third kappa shape index (κ3) is 1.97. The van der Waals surface area contributed by atoms with E-state index in [9.17, 15) is 0 Å². The van der Waals surface area contributed by atoms with Crippen LogP contribution in [-0.2, 0) is 7.05 Å². The van der Waals surface area contributed by atoms with Crippen LogP contribution in [0.15, 0.2) is 18.5 Å². The largest absolute Gasteiger partial charge is 0.257 e. The van der Waals surface area contributed by atoms with Crippen LogP contribution in [0.1, 0.15) is 25.6 Å². The van der Waals surface area contributed by atoms with Crippen molar-refractivity contribution in [2.75, 3.05) is 0 Å². The molecule has 12 heavy (non-hydrogen) atoms. The first-order valence-corrected chi connectivity index (χ1v) is 4.45. The van der Waals surface area contributed by atoms with Crippen LogP contribution in [0, 0.1) is 6.92 Å². The fraction of sp³-hybridized carbons (Fsp3) is 0.500. The normalized spacial score (nSPS) is 11.2. The molecule has 0 fully saturated rings. The third-order valence-corrected chi connectivity index (χ3v) is 2.06. The monoisotopic (exact) mass is 165 g/mol. The van der Waals surface area contributed by atoms with Gasteiger partial charge in [-0.3, -0.25) is 0 Å². The number of imidazole rings is 1. The maximum Gasteiger partial charge on any atom is 0.257 e. The Labute approximate surface area is 74.1 Å². The molecule has 66 valence electrons. The molecule has 0 bridgehead atoms. The van der Waals surface area contributed by atoms with Gasteiger partial charge in [-0.15, -0.1) is 0 Å². The van der Waals surface area contributed by atoms with E-state index in [4.69, 9.17) is 0 Å². The van der Waals surface area contributed by atoms with Crippen LogP contribution in [0.3, 0.4) is 0 Å². The summed E-state index contributed by atoms with van der Waals surface area (Å²) < 4.78 is 4.24. The molecule has 0 aliphatic heterocycles. The van der Waals surface area contributed by atoms with Gasteiger partial charge in [-0.1, -0.05) is 13.3 Å². The topological polar surface area (TPSA) is 8.81 Å². The zero-order valence-electron chi connectivity index (χ0n) is 8.12. The molecule has 1 aromatic heterocycles. The average Bonchev–Trinajstić information content (AvgIpc) is 2.36. The van der Waals surface area contributed by atoms with Crippen LogP contribution in [0.25, 0.3) is 6.20 Å². The summed E-state index contributed by atoms with van der Waals surface area (Å²) >= 11 is 0. The van der Waals surface area contributed by atoms with E-state index in [0.717, 1.165) is 6.42 Å². The molecule has 1 heterocycles. The number of rotatable bonds is 3. The van der Waals surface area contributed by atoms with Crippen LogP contribution in [0.2, 0.25) is 0 Å². The summed E-state index contributed by atoms with van der Waals surface area (Å²) in [5.41, 5.74) is 0. The summed E-state index contributed by atoms with van der Waals surface area (Å²) in [6.07, 6.45) is 10.8. The molecule has 0 aliphatic carbocycles. The predicted molar refractivity (Wildman–Crippen MR) is 50.6 cm³/mol. The Morgan fingerprint density at radius 2 is 2.33 bits per heavy atom. The lowest BCUT2D eigenvalue weighted by Gasteiger charge is -1.89. The molecule has 0 unspecified atom stereocenters. The molecule has 0 radical (unpaired) electrons. The van der Waals surface area contributed by atoms with Gasteiger partial charge >= 0.3 is 0 Å². The van der Waals surface area contributed by atoms with Crippen molar-refractivity contribution in [2.45, 2.75) is 26.7 Å². The second-order valence-corrected chi connectivity index (χ2v) is 3.04. The van der Waals surface area contributed by atoms with E-state index in [-0.39, 0.29) is 0 Å². The van der Waals surface area contributed by atoms with Gasteiger partial charge < -0.3 is 0 Å². The van der Waals surface area contributed by atoms with Crippen molar-refractivity contribution in [1.82, 2.24) is 4.57 Å². The van der Waals surface area contributed by atoms with Crippen molar-refractivity contribution in [3.05, 3.63) is 24.3 Å². The molecule has 0 saturated carbocycles. The standard InChI is InChI=1S/C10H17N2/c1-4-5-6-7-12-9-8-11(3)10(12)2/h6-9H,4-5H2,1-3H3/q+1. The molecule has 0 N–H and O–H groups in total. The van der Waals surface area contributed by atoms with Gasteiger partial charge in [0.2, 0.25) is 0 Å². The second kappa shape index (κ2) is 4.10. The van der Waals surface area contributed by atoms with Gasteiger partial charge in [0.05, 0.1) is 13.2 Å². The molecule has 0 saturated heterocycles. The highest BCUT2D eigenvalue weighted by molar-refractivity contribution is 5.22. The number of nitrogens with zero attached hydrogens (tertiary/aromatic N) is 2. The minimum Gasteiger partial charge on any atom is -0.237 e. The lowest BCUT2D eigenvalue weighted by Crippen LogP contribution is -2.29. The fourth-order valence-electron chi connectivity index (χ4n) is 1.08. The molecular weight excluding hydrogens is 148 g/mol. The minimum atomic E-state index is 1.15. The van der Waals surface area contributed by atoms with Gasteiger partial charge in [0, 0.05) is 6.92 Å². The van der Waals surface area contributed by atoms with Gasteiger partial charge in [-0.25, -0.2) is 9.13 Å². The van der Waals surface area contributed by atoms with Crippen LogP contribution in [0.4, 0.5) is 0 Å². The molecule has 0 aromatic carbocycles. The molecule has 1 aromatic rings. The number of unbranched alkanes of at least 4 members (excludes halogenated alkanes) is 1. The van der Waals surface area contributed by atoms with Gasteiger partial charge in [-0.05, 0) is 12.5 Å². The Hall–Kier alpha value is -1.05. The first-order chi connectivity index (χ1) is 5.75. The second-order valence-electron chi connectivity index (χ2n) is 3.04. The van der Waals surface area contributed by atoms with Gasteiger partial charge in [0.1, 0.15) is 12.4 Å². The van der Waals surface area contributed by atoms with Crippen molar-refractivity contribution in [3.8, 4) is 0 Å². The number of aryl methyl sites for hydroxylation is 1. The molecule has 2 nitrogen and oxygen atoms in total. The van der Waals surface area contributed by atoms with E-state index in [1.54, 1.807) is 0 Å². The summed E-state index contributed by atoms with van der Waals surface area (Å²) in [4.78, 5) is 0. The Morgan fingerprint density at radius 3 is 2.83 bits per heavy atom. The van der Waals surface area contributed by atoms with Gasteiger partial charge in [-0.2, -0.15) is 0 Å². The van der Waals surface area contributed by atoms with E-state index in [1.165, 1.54) is 12.2 Å². The minimum absolute atomic E-state index is 1.15. The number of allylic oxidation sites excluding steroid dienone is 1. The third-order valence-electron chi connectivity index (χ3n) is 2.06. The number of aromatic nitrogens is 2. The smallest absolute Gasteiger partial charge is 0.237 e. The first kappa shape index (κ1) is 9.04. The van der Waals surface area contributed by atoms with E-state index in [0.29, 0.717) is 0 Å². The van der Waals surface area contributed by atoms with Gasteiger partial charge in [0.25, 0.3) is 5.82 Å². The molecular formula is C10H17N2+. The predicted octanol–water partition coefficient (Wildman–Crippen LogP) is 1.89. The van der Waals surface area contributed by atoms with Crippen LogP contribution in [0.5, 0.6) is 0 Å². The number of hydrogen-bond donors (Lipinski definition) is 0. The molecule has 0 amide bonds. The summed E-state index contributed by atoms with van der Waals surface area (Å²) in [5, 5.41) is 0. The van der Waals surface area contributed by atoms with E-state index < -0.39 is 0 Å². The maximum absolute atomic E-state index is 2.20. The van der Waals surface area contributed by atoms with Crippen LogP contribution >= 0.6 is 0 Å². The summed E-state index contributed by atoms with van der Waals surface area (Å²) in [7, 11) is 2.06. The SMILES string of the molecule is CCCC=Cn1cc[n+](C)c1C. The van der Waals surface area contributed by atoms with Crippen molar-refractivity contribution in [2.24, 2.45) is 7.05 Å². The lowest BCUT2D eigenvalue weighted by molar-refractivity contribution is -0.676. The van der Waals surface area contributed by atoms with E-state index in [2.05, 4.69) is 54.7 Å². The van der Waals surface area contributed by atoms with Crippen molar-refractivity contribution in [3.63, 3.8) is 0 Å². The fourth-order valence-corrected chi connectivity index (χ4v) is 1.08. The lowest BCUT2D eigenvalue weighted by atomic mass is 10.3.